The van der Waals surface area contributed by atoms with E-state index in [1.54, 1.807) is 0 Å². The minimum atomic E-state index is 0.0955. The Labute approximate surface area is 115 Å². The number of rotatable bonds is 8. The first-order valence-corrected chi connectivity index (χ1v) is 6.90. The predicted octanol–water partition coefficient (Wildman–Crippen LogP) is 1.95. The van der Waals surface area contributed by atoms with E-state index in [-0.39, 0.29) is 12.4 Å². The monoisotopic (exact) mass is 263 g/mol. The van der Waals surface area contributed by atoms with Gasteiger partial charge in [0.15, 0.2) is 0 Å². The van der Waals surface area contributed by atoms with Crippen LogP contribution < -0.4 is 5.73 Å². The van der Waals surface area contributed by atoms with E-state index in [1.165, 1.54) is 0 Å². The van der Waals surface area contributed by atoms with Gasteiger partial charge in [-0.3, -0.25) is 10.3 Å². The molecule has 0 amide bonds. The predicted molar refractivity (Wildman–Crippen MR) is 79.3 cm³/mol. The summed E-state index contributed by atoms with van der Waals surface area (Å²) in [5, 5.41) is 16.7. The quantitative estimate of drug-likeness (QED) is 0.496. The van der Waals surface area contributed by atoms with Crippen LogP contribution in [-0.2, 0) is 6.54 Å². The molecule has 0 unspecified atom stereocenters. The van der Waals surface area contributed by atoms with Crippen LogP contribution in [0.2, 0.25) is 0 Å². The van der Waals surface area contributed by atoms with E-state index in [9.17, 15) is 5.11 Å². The summed E-state index contributed by atoms with van der Waals surface area (Å²) in [6.45, 7) is 5.97. The average Bonchev–Trinajstić information content (AvgIpc) is 2.40. The summed E-state index contributed by atoms with van der Waals surface area (Å²) in [5.41, 5.74) is 7.40. The Morgan fingerprint density at radius 2 is 2.05 bits per heavy atom. The summed E-state index contributed by atoms with van der Waals surface area (Å²) in [6.07, 6.45) is 2.14. The number of nitrogens with one attached hydrogen (secondary N) is 1. The third-order valence-electron chi connectivity index (χ3n) is 3.47. The Kier molecular flexibility index (Phi) is 6.53. The second kappa shape index (κ2) is 7.92. The van der Waals surface area contributed by atoms with E-state index in [1.807, 2.05) is 24.3 Å². The summed E-state index contributed by atoms with van der Waals surface area (Å²) in [4.78, 5) is 2.29. The van der Waals surface area contributed by atoms with Crippen LogP contribution in [0.25, 0.3) is 0 Å². The van der Waals surface area contributed by atoms with Crippen LogP contribution in [-0.4, -0.2) is 35.0 Å². The third-order valence-corrected chi connectivity index (χ3v) is 3.47. The number of nitrogen functional groups attached to an aromatic ring is 1. The van der Waals surface area contributed by atoms with Gasteiger partial charge in [-0.25, -0.2) is 0 Å². The van der Waals surface area contributed by atoms with Crippen molar-refractivity contribution in [2.75, 3.05) is 13.2 Å². The summed E-state index contributed by atoms with van der Waals surface area (Å²) < 4.78 is 0. The summed E-state index contributed by atoms with van der Waals surface area (Å²) >= 11 is 0. The molecule has 106 valence electrons. The molecule has 0 saturated heterocycles. The second-order valence-corrected chi connectivity index (χ2v) is 4.78. The SMILES string of the molecule is CCC(CC)N(CCO)Cc1cccc(C(=N)N)c1. The van der Waals surface area contributed by atoms with Crippen LogP contribution in [0.3, 0.4) is 0 Å². The maximum Gasteiger partial charge on any atom is 0.122 e. The van der Waals surface area contributed by atoms with Gasteiger partial charge in [-0.05, 0) is 24.5 Å². The minimum absolute atomic E-state index is 0.0955. The van der Waals surface area contributed by atoms with Crippen LogP contribution in [0, 0.1) is 5.41 Å². The number of aliphatic hydroxyl groups excluding tert-OH is 1. The summed E-state index contributed by atoms with van der Waals surface area (Å²) in [6, 6.07) is 8.25. The molecule has 0 spiro atoms. The van der Waals surface area contributed by atoms with E-state index in [4.69, 9.17) is 11.1 Å². The molecule has 0 heterocycles. The van der Waals surface area contributed by atoms with Crippen LogP contribution >= 0.6 is 0 Å². The lowest BCUT2D eigenvalue weighted by Crippen LogP contribution is -2.36. The highest BCUT2D eigenvalue weighted by Gasteiger charge is 2.15. The molecule has 0 radical (unpaired) electrons. The van der Waals surface area contributed by atoms with E-state index in [2.05, 4.69) is 18.7 Å². The molecule has 4 N–H and O–H groups in total. The zero-order valence-corrected chi connectivity index (χ0v) is 11.9. The maximum absolute atomic E-state index is 9.20. The van der Waals surface area contributed by atoms with Crippen LogP contribution in [0.4, 0.5) is 0 Å². The Hall–Kier alpha value is -1.39. The first kappa shape index (κ1) is 15.7. The van der Waals surface area contributed by atoms with E-state index in [0.717, 1.165) is 30.5 Å². The Morgan fingerprint density at radius 3 is 2.58 bits per heavy atom. The molecule has 0 aliphatic carbocycles. The number of hydrogen-bond donors (Lipinski definition) is 3. The molecule has 4 heteroatoms. The standard InChI is InChI=1S/C15H25N3O/c1-3-14(4-2)18(8-9-19)11-12-6-5-7-13(10-12)15(16)17/h5-7,10,14,19H,3-4,8-9,11H2,1-2H3,(H3,16,17). The molecule has 0 aliphatic heterocycles. The van der Waals surface area contributed by atoms with Crippen molar-refractivity contribution < 1.29 is 5.11 Å². The molecular formula is C15H25N3O. The number of nitrogens with two attached hydrogens (primary N) is 1. The summed E-state index contributed by atoms with van der Waals surface area (Å²) in [7, 11) is 0. The Morgan fingerprint density at radius 1 is 1.37 bits per heavy atom. The second-order valence-electron chi connectivity index (χ2n) is 4.78. The van der Waals surface area contributed by atoms with Gasteiger partial charge >= 0.3 is 0 Å². The van der Waals surface area contributed by atoms with Crippen molar-refractivity contribution in [1.29, 1.82) is 5.41 Å². The van der Waals surface area contributed by atoms with Crippen molar-refractivity contribution in [2.45, 2.75) is 39.3 Å². The maximum atomic E-state index is 9.20. The number of amidine groups is 1. The van der Waals surface area contributed by atoms with Crippen molar-refractivity contribution in [3.05, 3.63) is 35.4 Å². The molecule has 0 atom stereocenters. The fourth-order valence-corrected chi connectivity index (χ4v) is 2.40. The van der Waals surface area contributed by atoms with Crippen LogP contribution in [0.1, 0.15) is 37.8 Å². The molecule has 1 rings (SSSR count). The molecule has 1 aromatic rings. The van der Waals surface area contributed by atoms with Gasteiger partial charge in [0, 0.05) is 24.7 Å². The highest BCUT2D eigenvalue weighted by atomic mass is 16.3. The van der Waals surface area contributed by atoms with Gasteiger partial charge < -0.3 is 10.8 Å². The molecule has 19 heavy (non-hydrogen) atoms. The molecular weight excluding hydrogens is 238 g/mol. The van der Waals surface area contributed by atoms with Gasteiger partial charge in [-0.15, -0.1) is 0 Å². The van der Waals surface area contributed by atoms with Gasteiger partial charge in [0.2, 0.25) is 0 Å². The van der Waals surface area contributed by atoms with Crippen molar-refractivity contribution in [2.24, 2.45) is 5.73 Å². The lowest BCUT2D eigenvalue weighted by molar-refractivity contribution is 0.136. The fraction of sp³-hybridized carbons (Fsp3) is 0.533. The van der Waals surface area contributed by atoms with Crippen LogP contribution in [0.15, 0.2) is 24.3 Å². The van der Waals surface area contributed by atoms with E-state index in [0.29, 0.717) is 12.6 Å². The van der Waals surface area contributed by atoms with E-state index < -0.39 is 0 Å². The number of aliphatic hydroxyl groups is 1. The van der Waals surface area contributed by atoms with E-state index >= 15 is 0 Å². The van der Waals surface area contributed by atoms with Crippen molar-refractivity contribution in [3.8, 4) is 0 Å². The smallest absolute Gasteiger partial charge is 0.122 e. The molecule has 4 nitrogen and oxygen atoms in total. The third kappa shape index (κ3) is 4.65. The lowest BCUT2D eigenvalue weighted by atomic mass is 10.1. The molecule has 0 aromatic heterocycles. The lowest BCUT2D eigenvalue weighted by Gasteiger charge is -2.30. The Bertz CT molecular complexity index is 402. The highest BCUT2D eigenvalue weighted by Crippen LogP contribution is 2.14. The fourth-order valence-electron chi connectivity index (χ4n) is 2.40. The van der Waals surface area contributed by atoms with Crippen LogP contribution in [0.5, 0.6) is 0 Å². The van der Waals surface area contributed by atoms with Crippen molar-refractivity contribution in [3.63, 3.8) is 0 Å². The first-order valence-electron chi connectivity index (χ1n) is 6.90. The molecule has 0 bridgehead atoms. The number of nitrogens with zero attached hydrogens (tertiary/aromatic N) is 1. The highest BCUT2D eigenvalue weighted by molar-refractivity contribution is 5.95. The minimum Gasteiger partial charge on any atom is -0.395 e. The zero-order chi connectivity index (χ0) is 14.3. The average molecular weight is 263 g/mol. The molecule has 0 aliphatic rings. The van der Waals surface area contributed by atoms with Crippen molar-refractivity contribution >= 4 is 5.84 Å². The van der Waals surface area contributed by atoms with Gasteiger partial charge in [0.05, 0.1) is 6.61 Å². The van der Waals surface area contributed by atoms with Gasteiger partial charge in [0.1, 0.15) is 5.84 Å². The molecule has 0 saturated carbocycles. The number of benzene rings is 1. The Balaban J connectivity index is 2.83. The van der Waals surface area contributed by atoms with Crippen molar-refractivity contribution in [1.82, 2.24) is 4.90 Å². The number of hydrogen-bond acceptors (Lipinski definition) is 3. The zero-order valence-electron chi connectivity index (χ0n) is 11.9. The van der Waals surface area contributed by atoms with Gasteiger partial charge in [0.25, 0.3) is 0 Å². The first-order chi connectivity index (χ1) is 9.12. The topological polar surface area (TPSA) is 73.3 Å². The molecule has 0 fully saturated rings. The van der Waals surface area contributed by atoms with Gasteiger partial charge in [-0.2, -0.15) is 0 Å². The summed E-state index contributed by atoms with van der Waals surface area (Å²) in [5.74, 6) is 0.0955. The van der Waals surface area contributed by atoms with Gasteiger partial charge in [-0.1, -0.05) is 32.0 Å². The normalized spacial score (nSPS) is 11.2. The largest absolute Gasteiger partial charge is 0.395 e. The molecule has 1 aromatic carbocycles.